The van der Waals surface area contributed by atoms with Crippen LogP contribution in [0.2, 0.25) is 0 Å². The Hall–Kier alpha value is -1.14. The largest absolute Gasteiger partial charge is 0.480 e. The maximum atomic E-state index is 11.6. The van der Waals surface area contributed by atoms with Gasteiger partial charge in [0.2, 0.25) is 5.91 Å². The highest BCUT2D eigenvalue weighted by Crippen LogP contribution is 2.12. The van der Waals surface area contributed by atoms with Crippen molar-refractivity contribution in [2.75, 3.05) is 13.2 Å². The van der Waals surface area contributed by atoms with Crippen molar-refractivity contribution in [1.29, 1.82) is 0 Å². The van der Waals surface area contributed by atoms with Crippen LogP contribution in [0.3, 0.4) is 0 Å². The van der Waals surface area contributed by atoms with E-state index in [2.05, 4.69) is 5.32 Å². The highest BCUT2D eigenvalue weighted by molar-refractivity contribution is 5.86. The van der Waals surface area contributed by atoms with Crippen LogP contribution in [0.25, 0.3) is 0 Å². The van der Waals surface area contributed by atoms with Crippen molar-refractivity contribution < 1.29 is 24.5 Å². The molecule has 2 atom stereocenters. The van der Waals surface area contributed by atoms with Gasteiger partial charge in [0.15, 0.2) is 0 Å². The first-order chi connectivity index (χ1) is 7.65. The summed E-state index contributed by atoms with van der Waals surface area (Å²) in [4.78, 5) is 22.3. The second kappa shape index (κ2) is 6.44. The van der Waals surface area contributed by atoms with Crippen molar-refractivity contribution in [3.63, 3.8) is 0 Å². The number of carboxylic acids is 1. The van der Waals surface area contributed by atoms with Gasteiger partial charge in [0.05, 0.1) is 0 Å². The molecule has 0 spiro atoms. The van der Waals surface area contributed by atoms with E-state index in [0.717, 1.165) is 12.8 Å². The van der Waals surface area contributed by atoms with Gasteiger partial charge in [0, 0.05) is 19.6 Å². The van der Waals surface area contributed by atoms with Crippen LogP contribution in [-0.2, 0) is 14.3 Å². The molecule has 1 saturated heterocycles. The molecular formula is C10H17NO5. The molecule has 0 bridgehead atoms. The van der Waals surface area contributed by atoms with Crippen LogP contribution in [0.1, 0.15) is 25.7 Å². The average Bonchev–Trinajstić information content (AvgIpc) is 2.29. The van der Waals surface area contributed by atoms with Crippen molar-refractivity contribution in [2.24, 2.45) is 0 Å². The number of carbonyl (C=O) groups excluding carboxylic acids is 1. The van der Waals surface area contributed by atoms with Crippen LogP contribution >= 0.6 is 0 Å². The fourth-order valence-electron chi connectivity index (χ4n) is 1.60. The lowest BCUT2D eigenvalue weighted by Gasteiger charge is -2.23. The van der Waals surface area contributed by atoms with Crippen molar-refractivity contribution in [1.82, 2.24) is 5.32 Å². The van der Waals surface area contributed by atoms with Crippen LogP contribution in [0.5, 0.6) is 0 Å². The van der Waals surface area contributed by atoms with E-state index in [1.54, 1.807) is 0 Å². The number of aliphatic hydroxyl groups excluding tert-OH is 1. The summed E-state index contributed by atoms with van der Waals surface area (Å²) in [5, 5.41) is 19.8. The first-order valence-electron chi connectivity index (χ1n) is 5.40. The zero-order valence-electron chi connectivity index (χ0n) is 9.02. The summed E-state index contributed by atoms with van der Waals surface area (Å²) >= 11 is 0. The molecule has 0 aromatic rings. The maximum Gasteiger partial charge on any atom is 0.326 e. The summed E-state index contributed by atoms with van der Waals surface area (Å²) in [6.07, 6.45) is 1.93. The highest BCUT2D eigenvalue weighted by atomic mass is 16.5. The lowest BCUT2D eigenvalue weighted by Crippen LogP contribution is -2.47. The quantitative estimate of drug-likeness (QED) is 0.593. The Labute approximate surface area is 93.6 Å². The van der Waals surface area contributed by atoms with Gasteiger partial charge in [-0.1, -0.05) is 0 Å². The lowest BCUT2D eigenvalue weighted by atomic mass is 10.1. The molecule has 6 heteroatoms. The summed E-state index contributed by atoms with van der Waals surface area (Å²) in [6.45, 7) is 0.262. The van der Waals surface area contributed by atoms with Crippen LogP contribution < -0.4 is 5.32 Å². The molecule has 0 saturated carbocycles. The topological polar surface area (TPSA) is 95.9 Å². The number of nitrogens with one attached hydrogen (secondary N) is 1. The third-order valence-corrected chi connectivity index (χ3v) is 2.50. The third kappa shape index (κ3) is 3.79. The fourth-order valence-corrected chi connectivity index (χ4v) is 1.60. The van der Waals surface area contributed by atoms with Crippen molar-refractivity contribution in [2.45, 2.75) is 37.8 Å². The fraction of sp³-hybridized carbons (Fsp3) is 0.800. The standard InChI is InChI=1S/C10H17NO5/c12-5-4-7(10(14)15)11-9(13)8-3-1-2-6-16-8/h7-8,12H,1-6H2,(H,11,13)(H,14,15)/t7-,8?/m1/s1. The summed E-state index contributed by atoms with van der Waals surface area (Å²) in [7, 11) is 0. The zero-order valence-corrected chi connectivity index (χ0v) is 9.02. The molecule has 1 rings (SSSR count). The van der Waals surface area contributed by atoms with Gasteiger partial charge in [-0.2, -0.15) is 0 Å². The predicted octanol–water partition coefficient (Wildman–Crippen LogP) is -0.493. The summed E-state index contributed by atoms with van der Waals surface area (Å²) < 4.78 is 5.23. The Balaban J connectivity index is 2.43. The minimum atomic E-state index is -1.14. The normalized spacial score (nSPS) is 22.4. The Kier molecular flexibility index (Phi) is 5.21. The molecule has 0 aromatic carbocycles. The van der Waals surface area contributed by atoms with E-state index in [4.69, 9.17) is 14.9 Å². The Morgan fingerprint density at radius 3 is 2.69 bits per heavy atom. The molecule has 0 aliphatic carbocycles. The van der Waals surface area contributed by atoms with Crippen LogP contribution in [0.15, 0.2) is 0 Å². The highest BCUT2D eigenvalue weighted by Gasteiger charge is 2.26. The number of carboxylic acid groups (broad SMARTS) is 1. The van der Waals surface area contributed by atoms with Crippen molar-refractivity contribution in [3.8, 4) is 0 Å². The average molecular weight is 231 g/mol. The number of aliphatic hydroxyl groups is 1. The van der Waals surface area contributed by atoms with E-state index in [-0.39, 0.29) is 13.0 Å². The molecule has 1 unspecified atom stereocenters. The summed E-state index contributed by atoms with van der Waals surface area (Å²) in [5.74, 6) is -1.54. The molecule has 16 heavy (non-hydrogen) atoms. The third-order valence-electron chi connectivity index (χ3n) is 2.50. The van der Waals surface area contributed by atoms with Gasteiger partial charge < -0.3 is 20.3 Å². The van der Waals surface area contributed by atoms with E-state index in [0.29, 0.717) is 13.0 Å². The van der Waals surface area contributed by atoms with Crippen LogP contribution in [0.4, 0.5) is 0 Å². The van der Waals surface area contributed by atoms with Crippen LogP contribution in [-0.4, -0.2) is 47.4 Å². The maximum absolute atomic E-state index is 11.6. The summed E-state index contributed by atoms with van der Waals surface area (Å²) in [5.41, 5.74) is 0. The van der Waals surface area contributed by atoms with E-state index < -0.39 is 24.0 Å². The molecule has 0 radical (unpaired) electrons. The molecule has 1 fully saturated rings. The number of aliphatic carboxylic acids is 1. The molecule has 0 aromatic heterocycles. The monoisotopic (exact) mass is 231 g/mol. The second-order valence-corrected chi connectivity index (χ2v) is 3.77. The Morgan fingerprint density at radius 2 is 2.19 bits per heavy atom. The van der Waals surface area contributed by atoms with E-state index >= 15 is 0 Å². The van der Waals surface area contributed by atoms with E-state index in [1.165, 1.54) is 0 Å². The van der Waals surface area contributed by atoms with Gasteiger partial charge in [-0.3, -0.25) is 4.79 Å². The van der Waals surface area contributed by atoms with Crippen molar-refractivity contribution in [3.05, 3.63) is 0 Å². The van der Waals surface area contributed by atoms with Gasteiger partial charge in [0.25, 0.3) is 0 Å². The number of rotatable bonds is 5. The zero-order chi connectivity index (χ0) is 12.0. The molecule has 1 amide bonds. The molecule has 6 nitrogen and oxygen atoms in total. The van der Waals surface area contributed by atoms with Gasteiger partial charge in [-0.25, -0.2) is 4.79 Å². The van der Waals surface area contributed by atoms with Gasteiger partial charge in [-0.05, 0) is 19.3 Å². The molecule has 1 aliphatic rings. The van der Waals surface area contributed by atoms with E-state index in [1.807, 2.05) is 0 Å². The molecule has 3 N–H and O–H groups in total. The van der Waals surface area contributed by atoms with Gasteiger partial charge in [-0.15, -0.1) is 0 Å². The predicted molar refractivity (Wildman–Crippen MR) is 54.9 cm³/mol. The Bertz CT molecular complexity index is 250. The molecule has 92 valence electrons. The minimum Gasteiger partial charge on any atom is -0.480 e. The van der Waals surface area contributed by atoms with Crippen molar-refractivity contribution >= 4 is 11.9 Å². The lowest BCUT2D eigenvalue weighted by molar-refractivity contribution is -0.145. The first-order valence-corrected chi connectivity index (χ1v) is 5.40. The molecule has 1 heterocycles. The Morgan fingerprint density at radius 1 is 1.44 bits per heavy atom. The number of carbonyl (C=O) groups is 2. The number of amides is 1. The molecular weight excluding hydrogens is 214 g/mol. The summed E-state index contributed by atoms with van der Waals surface area (Å²) in [6, 6.07) is -1.04. The molecule has 1 aliphatic heterocycles. The SMILES string of the molecule is O=C(N[C@H](CCO)C(=O)O)C1CCCCO1. The second-order valence-electron chi connectivity index (χ2n) is 3.77. The number of ether oxygens (including phenoxy) is 1. The number of hydrogen-bond acceptors (Lipinski definition) is 4. The first kappa shape index (κ1) is 12.9. The number of hydrogen-bond donors (Lipinski definition) is 3. The van der Waals surface area contributed by atoms with Gasteiger partial charge >= 0.3 is 5.97 Å². The van der Waals surface area contributed by atoms with Gasteiger partial charge in [0.1, 0.15) is 12.1 Å². The minimum absolute atomic E-state index is 0.00773. The smallest absolute Gasteiger partial charge is 0.326 e. The van der Waals surface area contributed by atoms with Crippen LogP contribution in [0, 0.1) is 0 Å². The van der Waals surface area contributed by atoms with E-state index in [9.17, 15) is 9.59 Å².